The summed E-state index contributed by atoms with van der Waals surface area (Å²) in [5, 5.41) is 4.71. The van der Waals surface area contributed by atoms with Crippen molar-refractivity contribution in [2.45, 2.75) is 24.7 Å². The molecule has 1 aliphatic heterocycles. The Balaban J connectivity index is 1.51. The second-order valence-electron chi connectivity index (χ2n) is 8.19. The molecular weight excluding hydrogens is 440 g/mol. The molecule has 1 aromatic heterocycles. The number of nitrogens with zero attached hydrogens (tertiary/aromatic N) is 1. The topological polar surface area (TPSA) is 88.8 Å². The van der Waals surface area contributed by atoms with Crippen LogP contribution < -0.4 is 10.1 Å². The smallest absolute Gasteiger partial charge is 0.256 e. The third-order valence-electron chi connectivity index (χ3n) is 6.10. The largest absolute Gasteiger partial charge is 0.495 e. The van der Waals surface area contributed by atoms with Crippen LogP contribution in [0.1, 0.15) is 28.8 Å². The van der Waals surface area contributed by atoms with Crippen molar-refractivity contribution < 1.29 is 22.4 Å². The number of fused-ring (bicyclic) bond motifs is 3. The van der Waals surface area contributed by atoms with Crippen molar-refractivity contribution in [2.75, 3.05) is 25.5 Å². The van der Waals surface area contributed by atoms with E-state index in [0.717, 1.165) is 29.2 Å². The lowest BCUT2D eigenvalue weighted by molar-refractivity contribution is 0.102. The number of carbonyl (C=O) groups is 1. The zero-order valence-corrected chi connectivity index (χ0v) is 19.2. The number of benzene rings is 3. The highest BCUT2D eigenvalue weighted by atomic mass is 32.2. The maximum Gasteiger partial charge on any atom is 0.256 e. The highest BCUT2D eigenvalue weighted by Crippen LogP contribution is 2.36. The Morgan fingerprint density at radius 1 is 1.00 bits per heavy atom. The van der Waals surface area contributed by atoms with Crippen molar-refractivity contribution in [3.8, 4) is 5.75 Å². The summed E-state index contributed by atoms with van der Waals surface area (Å²) in [4.78, 5) is 13.3. The number of sulfonamides is 1. The van der Waals surface area contributed by atoms with E-state index in [4.69, 9.17) is 9.15 Å². The molecule has 0 bridgehead atoms. The van der Waals surface area contributed by atoms with E-state index in [1.807, 2.05) is 30.3 Å². The summed E-state index contributed by atoms with van der Waals surface area (Å²) in [5.41, 5.74) is 2.78. The monoisotopic (exact) mass is 464 g/mol. The number of amides is 1. The van der Waals surface area contributed by atoms with Gasteiger partial charge in [-0.1, -0.05) is 24.3 Å². The van der Waals surface area contributed by atoms with Crippen molar-refractivity contribution in [3.63, 3.8) is 0 Å². The van der Waals surface area contributed by atoms with Crippen LogP contribution >= 0.6 is 0 Å². The summed E-state index contributed by atoms with van der Waals surface area (Å²) < 4.78 is 38.9. The summed E-state index contributed by atoms with van der Waals surface area (Å²) in [6.07, 6.45) is 1.70. The standard InChI is InChI=1S/C25H24N2O5S/c1-16-9-10-17(33(29,30)27-11-5-6-12-27)13-19(16)25(28)26-21-15-23-20(14-24(21)31-2)18-7-3-4-8-22(18)32-23/h3-4,7-10,13-15H,5-6,11-12H2,1-2H3,(H,26,28). The summed E-state index contributed by atoms with van der Waals surface area (Å²) in [6, 6.07) is 15.9. The van der Waals surface area contributed by atoms with Gasteiger partial charge in [-0.05, 0) is 49.6 Å². The molecule has 8 heteroatoms. The van der Waals surface area contributed by atoms with Gasteiger partial charge in [-0.25, -0.2) is 8.42 Å². The average Bonchev–Trinajstić information content (AvgIpc) is 3.47. The molecule has 5 rings (SSSR count). The normalized spacial score (nSPS) is 14.7. The maximum absolute atomic E-state index is 13.2. The fourth-order valence-electron chi connectivity index (χ4n) is 4.29. The van der Waals surface area contributed by atoms with Crippen LogP contribution in [0.15, 0.2) is 63.9 Å². The van der Waals surface area contributed by atoms with Crippen LogP contribution in [-0.2, 0) is 10.0 Å². The Hall–Kier alpha value is -3.36. The number of anilines is 1. The summed E-state index contributed by atoms with van der Waals surface area (Å²) in [5.74, 6) is 0.0700. The number of aryl methyl sites for hydroxylation is 1. The third kappa shape index (κ3) is 3.75. The molecule has 7 nitrogen and oxygen atoms in total. The zero-order valence-electron chi connectivity index (χ0n) is 18.4. The number of methoxy groups -OCH3 is 1. The van der Waals surface area contributed by atoms with E-state index < -0.39 is 15.9 Å². The van der Waals surface area contributed by atoms with Gasteiger partial charge in [0, 0.05) is 35.5 Å². The SMILES string of the molecule is COc1cc2c(cc1NC(=O)c1cc(S(=O)(=O)N3CCCC3)ccc1C)oc1ccccc12. The van der Waals surface area contributed by atoms with Crippen LogP contribution in [0.25, 0.3) is 21.9 Å². The molecule has 0 atom stereocenters. The van der Waals surface area contributed by atoms with Gasteiger partial charge in [-0.3, -0.25) is 4.79 Å². The molecule has 0 saturated carbocycles. The van der Waals surface area contributed by atoms with Gasteiger partial charge >= 0.3 is 0 Å². The van der Waals surface area contributed by atoms with Gasteiger partial charge in [0.25, 0.3) is 5.91 Å². The second-order valence-corrected chi connectivity index (χ2v) is 10.1. The number of hydrogen-bond donors (Lipinski definition) is 1. The molecule has 1 aliphatic rings. The van der Waals surface area contributed by atoms with Gasteiger partial charge in [-0.2, -0.15) is 4.31 Å². The molecule has 4 aromatic rings. The van der Waals surface area contributed by atoms with Crippen LogP contribution in [-0.4, -0.2) is 38.8 Å². The van der Waals surface area contributed by atoms with Gasteiger partial charge < -0.3 is 14.5 Å². The van der Waals surface area contributed by atoms with Gasteiger partial charge in [0.2, 0.25) is 10.0 Å². The van der Waals surface area contributed by atoms with Crippen LogP contribution in [0.2, 0.25) is 0 Å². The lowest BCUT2D eigenvalue weighted by Gasteiger charge is -2.17. The van der Waals surface area contributed by atoms with Crippen molar-refractivity contribution >= 4 is 43.6 Å². The molecule has 0 radical (unpaired) electrons. The number of para-hydroxylation sites is 1. The predicted molar refractivity (Wildman–Crippen MR) is 127 cm³/mol. The lowest BCUT2D eigenvalue weighted by atomic mass is 10.1. The van der Waals surface area contributed by atoms with Crippen molar-refractivity contribution in [1.29, 1.82) is 0 Å². The Bertz CT molecular complexity index is 1480. The first-order valence-electron chi connectivity index (χ1n) is 10.8. The van der Waals surface area contributed by atoms with Gasteiger partial charge in [0.15, 0.2) is 0 Å². The zero-order chi connectivity index (χ0) is 23.2. The highest BCUT2D eigenvalue weighted by molar-refractivity contribution is 7.89. The molecule has 33 heavy (non-hydrogen) atoms. The molecule has 1 fully saturated rings. The molecule has 0 spiro atoms. The number of hydrogen-bond acceptors (Lipinski definition) is 5. The Morgan fingerprint density at radius 2 is 1.76 bits per heavy atom. The number of ether oxygens (including phenoxy) is 1. The molecule has 2 heterocycles. The molecule has 1 saturated heterocycles. The Labute approximate surface area is 192 Å². The summed E-state index contributed by atoms with van der Waals surface area (Å²) in [6.45, 7) is 2.79. The van der Waals surface area contributed by atoms with Gasteiger partial charge in [0.05, 0.1) is 17.7 Å². The minimum absolute atomic E-state index is 0.125. The molecule has 0 unspecified atom stereocenters. The van der Waals surface area contributed by atoms with E-state index in [-0.39, 0.29) is 4.90 Å². The minimum Gasteiger partial charge on any atom is -0.495 e. The van der Waals surface area contributed by atoms with Gasteiger partial charge in [0.1, 0.15) is 16.9 Å². The first kappa shape index (κ1) is 21.5. The fraction of sp³-hybridized carbons (Fsp3) is 0.240. The molecule has 0 aliphatic carbocycles. The lowest BCUT2D eigenvalue weighted by Crippen LogP contribution is -2.28. The average molecular weight is 465 g/mol. The quantitative estimate of drug-likeness (QED) is 0.452. The van der Waals surface area contributed by atoms with E-state index in [9.17, 15) is 13.2 Å². The van der Waals surface area contributed by atoms with Crippen LogP contribution in [0.3, 0.4) is 0 Å². The second kappa shape index (κ2) is 8.20. The first-order chi connectivity index (χ1) is 15.9. The van der Waals surface area contributed by atoms with Crippen molar-refractivity contribution in [1.82, 2.24) is 4.31 Å². The Kier molecular flexibility index (Phi) is 5.34. The van der Waals surface area contributed by atoms with E-state index >= 15 is 0 Å². The van der Waals surface area contributed by atoms with Crippen LogP contribution in [0.4, 0.5) is 5.69 Å². The van der Waals surface area contributed by atoms with Gasteiger partial charge in [-0.15, -0.1) is 0 Å². The third-order valence-corrected chi connectivity index (χ3v) is 8.00. The minimum atomic E-state index is -3.63. The number of furan rings is 1. The fourth-order valence-corrected chi connectivity index (χ4v) is 5.84. The number of nitrogens with one attached hydrogen (secondary N) is 1. The summed E-state index contributed by atoms with van der Waals surface area (Å²) >= 11 is 0. The Morgan fingerprint density at radius 3 is 2.52 bits per heavy atom. The maximum atomic E-state index is 13.2. The molecule has 3 aromatic carbocycles. The molecular formula is C25H24N2O5S. The highest BCUT2D eigenvalue weighted by Gasteiger charge is 2.28. The van der Waals surface area contributed by atoms with Crippen molar-refractivity contribution in [3.05, 3.63) is 65.7 Å². The molecule has 1 amide bonds. The first-order valence-corrected chi connectivity index (χ1v) is 12.2. The van der Waals surface area contributed by atoms with E-state index in [1.165, 1.54) is 17.5 Å². The van der Waals surface area contributed by atoms with E-state index in [0.29, 0.717) is 41.2 Å². The van der Waals surface area contributed by atoms with Crippen molar-refractivity contribution in [2.24, 2.45) is 0 Å². The summed E-state index contributed by atoms with van der Waals surface area (Å²) in [7, 11) is -2.09. The number of carbonyl (C=O) groups excluding carboxylic acids is 1. The molecule has 170 valence electrons. The molecule has 1 N–H and O–H groups in total. The predicted octanol–water partition coefficient (Wildman–Crippen LogP) is 4.94. The van der Waals surface area contributed by atoms with E-state index in [2.05, 4.69) is 5.32 Å². The van der Waals surface area contributed by atoms with Crippen LogP contribution in [0.5, 0.6) is 5.75 Å². The van der Waals surface area contributed by atoms with Crippen LogP contribution in [0, 0.1) is 6.92 Å². The van der Waals surface area contributed by atoms with E-state index in [1.54, 1.807) is 25.1 Å². The number of rotatable bonds is 5.